The molecule has 5 heteroatoms. The zero-order chi connectivity index (χ0) is 11.4. The molecule has 1 atom stereocenters. The van der Waals surface area contributed by atoms with Crippen molar-refractivity contribution in [2.75, 3.05) is 7.11 Å². The minimum atomic E-state index is -0.615. The number of nitrogens with zero attached hydrogens (tertiary/aromatic N) is 1. The van der Waals surface area contributed by atoms with Gasteiger partial charge < -0.3 is 9.84 Å². The molecule has 1 aromatic rings. The molecular formula is C10H13NO4. The highest BCUT2D eigenvalue weighted by Gasteiger charge is 2.20. The topological polar surface area (TPSA) is 72.6 Å². The monoisotopic (exact) mass is 211 g/mol. The zero-order valence-corrected chi connectivity index (χ0v) is 8.64. The van der Waals surface area contributed by atoms with Gasteiger partial charge >= 0.3 is 5.69 Å². The van der Waals surface area contributed by atoms with Crippen molar-refractivity contribution < 1.29 is 14.8 Å². The third-order valence-electron chi connectivity index (χ3n) is 2.00. The first-order valence-electron chi connectivity index (χ1n) is 4.54. The first kappa shape index (κ1) is 11.5. The van der Waals surface area contributed by atoms with E-state index < -0.39 is 11.0 Å². The van der Waals surface area contributed by atoms with Gasteiger partial charge in [0.25, 0.3) is 0 Å². The Balaban J connectivity index is 3.19. The summed E-state index contributed by atoms with van der Waals surface area (Å²) in [4.78, 5) is 10.3. The van der Waals surface area contributed by atoms with Crippen LogP contribution in [0.1, 0.15) is 12.5 Å². The van der Waals surface area contributed by atoms with E-state index in [1.54, 1.807) is 19.1 Å². The van der Waals surface area contributed by atoms with Crippen molar-refractivity contribution in [3.8, 4) is 5.75 Å². The molecule has 15 heavy (non-hydrogen) atoms. The molecule has 0 aromatic heterocycles. The van der Waals surface area contributed by atoms with Crippen LogP contribution in [0.3, 0.4) is 0 Å². The molecular weight excluding hydrogens is 198 g/mol. The summed E-state index contributed by atoms with van der Waals surface area (Å²) >= 11 is 0. The largest absolute Gasteiger partial charge is 0.490 e. The van der Waals surface area contributed by atoms with Crippen LogP contribution in [0.4, 0.5) is 5.69 Å². The van der Waals surface area contributed by atoms with Crippen molar-refractivity contribution in [2.24, 2.45) is 0 Å². The van der Waals surface area contributed by atoms with E-state index in [-0.39, 0.29) is 17.9 Å². The lowest BCUT2D eigenvalue weighted by Crippen LogP contribution is -2.07. The Labute approximate surface area is 87.5 Å². The van der Waals surface area contributed by atoms with Crippen LogP contribution >= 0.6 is 0 Å². The van der Waals surface area contributed by atoms with Gasteiger partial charge in [0.05, 0.1) is 18.1 Å². The standard InChI is InChI=1S/C10H13NO4/c1-7(12)6-8-4-3-5-9(15-2)10(8)11(13)14/h3-5,7,12H,6H2,1-2H3/t7-/m0/s1. The predicted molar refractivity (Wildman–Crippen MR) is 55.0 cm³/mol. The van der Waals surface area contributed by atoms with Gasteiger partial charge in [0, 0.05) is 12.0 Å². The summed E-state index contributed by atoms with van der Waals surface area (Å²) in [6, 6.07) is 4.82. The van der Waals surface area contributed by atoms with Crippen LogP contribution in [0.25, 0.3) is 0 Å². The number of nitro benzene ring substituents is 1. The SMILES string of the molecule is COc1cccc(C[C@H](C)O)c1[N+](=O)[O-]. The van der Waals surface area contributed by atoms with Crippen LogP contribution in [0.15, 0.2) is 18.2 Å². The third-order valence-corrected chi connectivity index (χ3v) is 2.00. The van der Waals surface area contributed by atoms with Crippen LogP contribution < -0.4 is 4.74 Å². The molecule has 0 saturated heterocycles. The van der Waals surface area contributed by atoms with Gasteiger partial charge in [0.15, 0.2) is 5.75 Å². The van der Waals surface area contributed by atoms with Crippen LogP contribution in [0, 0.1) is 10.1 Å². The number of hydrogen-bond acceptors (Lipinski definition) is 4. The number of ether oxygens (including phenoxy) is 1. The van der Waals surface area contributed by atoms with E-state index in [0.29, 0.717) is 5.56 Å². The molecule has 1 aromatic carbocycles. The van der Waals surface area contributed by atoms with Crippen LogP contribution in [-0.2, 0) is 6.42 Å². The second-order valence-electron chi connectivity index (χ2n) is 3.28. The van der Waals surface area contributed by atoms with E-state index in [0.717, 1.165) is 0 Å². The fraction of sp³-hybridized carbons (Fsp3) is 0.400. The number of hydrogen-bond donors (Lipinski definition) is 1. The highest BCUT2D eigenvalue weighted by Crippen LogP contribution is 2.31. The molecule has 5 nitrogen and oxygen atoms in total. The average Bonchev–Trinajstić information content (AvgIpc) is 2.15. The maximum Gasteiger partial charge on any atom is 0.314 e. The van der Waals surface area contributed by atoms with Crippen molar-refractivity contribution in [3.05, 3.63) is 33.9 Å². The quantitative estimate of drug-likeness (QED) is 0.605. The minimum absolute atomic E-state index is 0.0686. The Morgan fingerprint density at radius 3 is 2.73 bits per heavy atom. The highest BCUT2D eigenvalue weighted by molar-refractivity contribution is 5.52. The molecule has 0 aliphatic heterocycles. The molecule has 0 heterocycles. The van der Waals surface area contributed by atoms with Gasteiger partial charge in [-0.25, -0.2) is 0 Å². The van der Waals surface area contributed by atoms with E-state index in [9.17, 15) is 15.2 Å². The molecule has 1 N–H and O–H groups in total. The summed E-state index contributed by atoms with van der Waals surface area (Å²) in [6.45, 7) is 1.59. The van der Waals surface area contributed by atoms with Gasteiger partial charge in [-0.3, -0.25) is 10.1 Å². The van der Waals surface area contributed by atoms with Gasteiger partial charge in [0.2, 0.25) is 0 Å². The molecule has 0 aliphatic rings. The van der Waals surface area contributed by atoms with E-state index in [2.05, 4.69) is 0 Å². The molecule has 0 fully saturated rings. The highest BCUT2D eigenvalue weighted by atomic mass is 16.6. The number of aliphatic hydroxyl groups is 1. The second kappa shape index (κ2) is 4.75. The van der Waals surface area contributed by atoms with Gasteiger partial charge in [-0.05, 0) is 13.0 Å². The van der Waals surface area contributed by atoms with Gasteiger partial charge in [-0.2, -0.15) is 0 Å². The van der Waals surface area contributed by atoms with Crippen molar-refractivity contribution >= 4 is 5.69 Å². The number of rotatable bonds is 4. The maximum atomic E-state index is 10.8. The van der Waals surface area contributed by atoms with Crippen molar-refractivity contribution in [3.63, 3.8) is 0 Å². The number of methoxy groups -OCH3 is 1. The van der Waals surface area contributed by atoms with Crippen LogP contribution in [0.5, 0.6) is 5.75 Å². The van der Waals surface area contributed by atoms with Crippen LogP contribution in [-0.4, -0.2) is 23.2 Å². The fourth-order valence-corrected chi connectivity index (χ4v) is 1.42. The summed E-state index contributed by atoms with van der Waals surface area (Å²) in [7, 11) is 1.38. The summed E-state index contributed by atoms with van der Waals surface area (Å²) in [6.07, 6.45) is -0.371. The Morgan fingerprint density at radius 1 is 1.60 bits per heavy atom. The Hall–Kier alpha value is -1.62. The molecule has 1 rings (SSSR count). The van der Waals surface area contributed by atoms with E-state index in [4.69, 9.17) is 4.74 Å². The summed E-state index contributed by atoms with van der Waals surface area (Å²) in [5.41, 5.74) is 0.412. The Morgan fingerprint density at radius 2 is 2.27 bits per heavy atom. The minimum Gasteiger partial charge on any atom is -0.490 e. The molecule has 0 unspecified atom stereocenters. The van der Waals surface area contributed by atoms with Gasteiger partial charge in [-0.15, -0.1) is 0 Å². The lowest BCUT2D eigenvalue weighted by molar-refractivity contribution is -0.386. The summed E-state index contributed by atoms with van der Waals surface area (Å²) < 4.78 is 4.91. The zero-order valence-electron chi connectivity index (χ0n) is 8.64. The molecule has 0 amide bonds. The van der Waals surface area contributed by atoms with E-state index in [1.807, 2.05) is 0 Å². The summed E-state index contributed by atoms with van der Waals surface area (Å²) in [5, 5.41) is 20.0. The Kier molecular flexibility index (Phi) is 3.62. The number of para-hydroxylation sites is 1. The smallest absolute Gasteiger partial charge is 0.314 e. The van der Waals surface area contributed by atoms with Crippen molar-refractivity contribution in [2.45, 2.75) is 19.4 Å². The molecule has 0 aliphatic carbocycles. The summed E-state index contributed by atoms with van der Waals surface area (Å²) in [5.74, 6) is 0.221. The number of nitro groups is 1. The average molecular weight is 211 g/mol. The van der Waals surface area contributed by atoms with E-state index >= 15 is 0 Å². The number of benzene rings is 1. The van der Waals surface area contributed by atoms with Gasteiger partial charge in [0.1, 0.15) is 0 Å². The van der Waals surface area contributed by atoms with Crippen molar-refractivity contribution in [1.29, 1.82) is 0 Å². The first-order chi connectivity index (χ1) is 7.06. The lowest BCUT2D eigenvalue weighted by Gasteiger charge is -2.08. The van der Waals surface area contributed by atoms with Crippen LogP contribution in [0.2, 0.25) is 0 Å². The maximum absolute atomic E-state index is 10.8. The normalized spacial score (nSPS) is 12.2. The molecule has 0 saturated carbocycles. The molecule has 82 valence electrons. The molecule has 0 radical (unpaired) electrons. The molecule has 0 spiro atoms. The van der Waals surface area contributed by atoms with E-state index in [1.165, 1.54) is 13.2 Å². The fourth-order valence-electron chi connectivity index (χ4n) is 1.42. The van der Waals surface area contributed by atoms with Crippen molar-refractivity contribution in [1.82, 2.24) is 0 Å². The molecule has 0 bridgehead atoms. The second-order valence-corrected chi connectivity index (χ2v) is 3.28. The third kappa shape index (κ3) is 2.66. The van der Waals surface area contributed by atoms with Gasteiger partial charge in [-0.1, -0.05) is 12.1 Å². The Bertz CT molecular complexity index is 362. The first-order valence-corrected chi connectivity index (χ1v) is 4.54. The number of aliphatic hydroxyl groups excluding tert-OH is 1. The predicted octanol–water partition coefficient (Wildman–Crippen LogP) is 1.53. The lowest BCUT2D eigenvalue weighted by atomic mass is 10.1.